The van der Waals surface area contributed by atoms with Gasteiger partial charge in [-0.25, -0.2) is 4.79 Å². The molecule has 0 fully saturated rings. The second-order valence-corrected chi connectivity index (χ2v) is 7.71. The minimum Gasteiger partial charge on any atom is -0.454 e. The molecular formula is C23H24O4. The zero-order valence-corrected chi connectivity index (χ0v) is 16.0. The molecule has 0 bridgehead atoms. The number of carbonyl (C=O) groups is 2. The van der Waals surface area contributed by atoms with Gasteiger partial charge in [0.2, 0.25) is 0 Å². The Morgan fingerprint density at radius 3 is 2.59 bits per heavy atom. The second kappa shape index (κ2) is 7.39. The lowest BCUT2D eigenvalue weighted by Gasteiger charge is -2.17. The molecule has 0 spiro atoms. The molecule has 4 heteroatoms. The molecule has 1 atom stereocenters. The molecule has 3 rings (SSSR count). The minimum atomic E-state index is -0.563. The van der Waals surface area contributed by atoms with Crippen LogP contribution in [0.1, 0.15) is 44.4 Å². The van der Waals surface area contributed by atoms with Crippen LogP contribution in [0.15, 0.2) is 55.1 Å². The van der Waals surface area contributed by atoms with Gasteiger partial charge in [0.1, 0.15) is 11.9 Å². The van der Waals surface area contributed by atoms with Crippen molar-refractivity contribution in [1.82, 2.24) is 0 Å². The largest absolute Gasteiger partial charge is 0.454 e. The van der Waals surface area contributed by atoms with Gasteiger partial charge >= 0.3 is 11.9 Å². The highest BCUT2D eigenvalue weighted by atomic mass is 16.5. The van der Waals surface area contributed by atoms with Gasteiger partial charge in [0, 0.05) is 6.08 Å². The van der Waals surface area contributed by atoms with Gasteiger partial charge < -0.3 is 9.47 Å². The molecule has 0 radical (unpaired) electrons. The van der Waals surface area contributed by atoms with Crippen molar-refractivity contribution < 1.29 is 19.1 Å². The van der Waals surface area contributed by atoms with E-state index in [0.29, 0.717) is 5.75 Å². The first kappa shape index (κ1) is 18.9. The summed E-state index contributed by atoms with van der Waals surface area (Å²) in [5.41, 5.74) is 3.67. The summed E-state index contributed by atoms with van der Waals surface area (Å²) in [6, 6.07) is 13.5. The van der Waals surface area contributed by atoms with Gasteiger partial charge in [0.25, 0.3) is 0 Å². The standard InChI is InChI=1S/C23H24O4/c1-5-21(24)27-20-13-12-18-17(10-7-11-19(18)20)15-8-6-9-16(14-15)26-22(25)23(2,3)4/h5-11,14,20H,1,12-13H2,2-4H3. The van der Waals surface area contributed by atoms with Crippen molar-refractivity contribution in [2.45, 2.75) is 39.7 Å². The molecule has 27 heavy (non-hydrogen) atoms. The Morgan fingerprint density at radius 1 is 1.15 bits per heavy atom. The molecule has 0 N–H and O–H groups in total. The highest BCUT2D eigenvalue weighted by Gasteiger charge is 2.28. The number of esters is 2. The number of carbonyl (C=O) groups excluding carboxylic acids is 2. The summed E-state index contributed by atoms with van der Waals surface area (Å²) < 4.78 is 11.0. The molecule has 1 aliphatic rings. The summed E-state index contributed by atoms with van der Waals surface area (Å²) >= 11 is 0. The summed E-state index contributed by atoms with van der Waals surface area (Å²) in [6.07, 6.45) is 2.53. The summed E-state index contributed by atoms with van der Waals surface area (Å²) in [6.45, 7) is 8.94. The zero-order valence-electron chi connectivity index (χ0n) is 16.0. The molecule has 0 amide bonds. The van der Waals surface area contributed by atoms with E-state index in [9.17, 15) is 9.59 Å². The Morgan fingerprint density at radius 2 is 1.89 bits per heavy atom. The number of rotatable bonds is 4. The van der Waals surface area contributed by atoms with E-state index in [4.69, 9.17) is 9.47 Å². The monoisotopic (exact) mass is 364 g/mol. The molecule has 0 saturated carbocycles. The van der Waals surface area contributed by atoms with E-state index >= 15 is 0 Å². The highest BCUT2D eigenvalue weighted by molar-refractivity contribution is 5.82. The van der Waals surface area contributed by atoms with Crippen molar-refractivity contribution in [3.05, 3.63) is 66.2 Å². The van der Waals surface area contributed by atoms with Crippen LogP contribution in [-0.2, 0) is 20.7 Å². The maximum absolute atomic E-state index is 12.2. The van der Waals surface area contributed by atoms with E-state index in [2.05, 4.69) is 6.58 Å². The summed E-state index contributed by atoms with van der Waals surface area (Å²) in [4.78, 5) is 23.7. The van der Waals surface area contributed by atoms with Crippen LogP contribution in [0.3, 0.4) is 0 Å². The summed E-state index contributed by atoms with van der Waals surface area (Å²) in [5, 5.41) is 0. The number of benzene rings is 2. The van der Waals surface area contributed by atoms with Gasteiger partial charge in [-0.15, -0.1) is 0 Å². The van der Waals surface area contributed by atoms with Crippen molar-refractivity contribution in [1.29, 1.82) is 0 Å². The van der Waals surface area contributed by atoms with E-state index in [1.165, 1.54) is 11.6 Å². The fourth-order valence-electron chi connectivity index (χ4n) is 3.18. The van der Waals surface area contributed by atoms with Crippen LogP contribution in [0.2, 0.25) is 0 Å². The molecule has 1 aliphatic carbocycles. The van der Waals surface area contributed by atoms with E-state index in [1.54, 1.807) is 6.07 Å². The third-order valence-electron chi connectivity index (χ3n) is 4.61. The first-order valence-electron chi connectivity index (χ1n) is 9.07. The summed E-state index contributed by atoms with van der Waals surface area (Å²) in [5.74, 6) is -0.152. The predicted octanol–water partition coefficient (Wildman–Crippen LogP) is 5.02. The Labute approximate surface area is 159 Å². The molecule has 1 unspecified atom stereocenters. The molecule has 0 heterocycles. The SMILES string of the molecule is C=CC(=O)OC1CCc2c(-c3cccc(OC(=O)C(C)(C)C)c3)cccc21. The number of fused-ring (bicyclic) bond motifs is 1. The molecule has 0 aromatic heterocycles. The van der Waals surface area contributed by atoms with Crippen molar-refractivity contribution in [2.24, 2.45) is 5.41 Å². The Balaban J connectivity index is 1.90. The first-order valence-corrected chi connectivity index (χ1v) is 9.07. The van der Waals surface area contributed by atoms with Crippen LogP contribution in [-0.4, -0.2) is 11.9 Å². The normalized spacial score (nSPS) is 15.7. The van der Waals surface area contributed by atoms with E-state index < -0.39 is 11.4 Å². The quantitative estimate of drug-likeness (QED) is 0.434. The van der Waals surface area contributed by atoms with Crippen molar-refractivity contribution in [2.75, 3.05) is 0 Å². The summed E-state index contributed by atoms with van der Waals surface area (Å²) in [7, 11) is 0. The maximum Gasteiger partial charge on any atom is 0.330 e. The second-order valence-electron chi connectivity index (χ2n) is 7.71. The molecule has 2 aromatic carbocycles. The van der Waals surface area contributed by atoms with E-state index in [-0.39, 0.29) is 12.1 Å². The smallest absolute Gasteiger partial charge is 0.330 e. The number of ether oxygens (including phenoxy) is 2. The van der Waals surface area contributed by atoms with Crippen LogP contribution in [0.5, 0.6) is 5.75 Å². The third kappa shape index (κ3) is 4.11. The average Bonchev–Trinajstić information content (AvgIpc) is 3.04. The van der Waals surface area contributed by atoms with Gasteiger partial charge in [0.15, 0.2) is 0 Å². The fraction of sp³-hybridized carbons (Fsp3) is 0.304. The predicted molar refractivity (Wildman–Crippen MR) is 104 cm³/mol. The molecule has 0 saturated heterocycles. The first-order chi connectivity index (χ1) is 12.8. The Bertz CT molecular complexity index is 889. The van der Waals surface area contributed by atoms with Crippen molar-refractivity contribution in [3.8, 4) is 16.9 Å². The average molecular weight is 364 g/mol. The fourth-order valence-corrected chi connectivity index (χ4v) is 3.18. The lowest BCUT2D eigenvalue weighted by atomic mass is 9.96. The van der Waals surface area contributed by atoms with Crippen molar-refractivity contribution in [3.63, 3.8) is 0 Å². The van der Waals surface area contributed by atoms with E-state index in [0.717, 1.165) is 29.5 Å². The number of hydrogen-bond acceptors (Lipinski definition) is 4. The van der Waals surface area contributed by atoms with Crippen LogP contribution in [0.4, 0.5) is 0 Å². The van der Waals surface area contributed by atoms with Gasteiger partial charge in [-0.05, 0) is 68.0 Å². The van der Waals surface area contributed by atoms with Crippen LogP contribution >= 0.6 is 0 Å². The van der Waals surface area contributed by atoms with Gasteiger partial charge in [-0.1, -0.05) is 36.9 Å². The topological polar surface area (TPSA) is 52.6 Å². The molecule has 4 nitrogen and oxygen atoms in total. The van der Waals surface area contributed by atoms with Gasteiger partial charge in [0.05, 0.1) is 5.41 Å². The molecule has 0 aliphatic heterocycles. The van der Waals surface area contributed by atoms with Crippen molar-refractivity contribution >= 4 is 11.9 Å². The third-order valence-corrected chi connectivity index (χ3v) is 4.61. The van der Waals surface area contributed by atoms with Crippen LogP contribution in [0, 0.1) is 5.41 Å². The van der Waals surface area contributed by atoms with Crippen LogP contribution in [0.25, 0.3) is 11.1 Å². The van der Waals surface area contributed by atoms with Crippen LogP contribution < -0.4 is 4.74 Å². The van der Waals surface area contributed by atoms with Gasteiger partial charge in [-0.2, -0.15) is 0 Å². The maximum atomic E-state index is 12.2. The highest BCUT2D eigenvalue weighted by Crippen LogP contribution is 2.40. The lowest BCUT2D eigenvalue weighted by molar-refractivity contribution is -0.144. The zero-order chi connectivity index (χ0) is 19.6. The Hall–Kier alpha value is -2.88. The number of hydrogen-bond donors (Lipinski definition) is 0. The lowest BCUT2D eigenvalue weighted by Crippen LogP contribution is -2.25. The molecular weight excluding hydrogens is 340 g/mol. The van der Waals surface area contributed by atoms with E-state index in [1.807, 2.05) is 57.2 Å². The van der Waals surface area contributed by atoms with Gasteiger partial charge in [-0.3, -0.25) is 4.79 Å². The Kier molecular flexibility index (Phi) is 5.17. The minimum absolute atomic E-state index is 0.243. The molecule has 140 valence electrons. The molecule has 2 aromatic rings.